The Morgan fingerprint density at radius 1 is 1.33 bits per heavy atom. The number of nitrogens with one attached hydrogen (secondary N) is 1. The molecule has 0 fully saturated rings. The predicted octanol–water partition coefficient (Wildman–Crippen LogP) is 3.25. The van der Waals surface area contributed by atoms with E-state index in [0.717, 1.165) is 25.8 Å². The minimum atomic E-state index is 0.212. The highest BCUT2D eigenvalue weighted by molar-refractivity contribution is 5.26. The number of ether oxygens (including phenoxy) is 1. The second-order valence-corrected chi connectivity index (χ2v) is 4.73. The average molecular weight is 250 g/mol. The number of hydrogen-bond donors (Lipinski definition) is 1. The summed E-state index contributed by atoms with van der Waals surface area (Å²) in [6, 6.07) is 2.30. The first-order valence-corrected chi connectivity index (χ1v) is 6.91. The third-order valence-corrected chi connectivity index (χ3v) is 3.28. The minimum Gasteiger partial charge on any atom is -0.379 e. The molecule has 2 unspecified atom stereocenters. The van der Waals surface area contributed by atoms with Crippen molar-refractivity contribution in [3.05, 3.63) is 29.6 Å². The predicted molar refractivity (Wildman–Crippen MR) is 75.7 cm³/mol. The van der Waals surface area contributed by atoms with E-state index in [1.165, 1.54) is 11.1 Å². The van der Waals surface area contributed by atoms with Crippen LogP contribution in [0.4, 0.5) is 0 Å². The lowest BCUT2D eigenvalue weighted by molar-refractivity contribution is 0.0603. The van der Waals surface area contributed by atoms with Gasteiger partial charge in [0.15, 0.2) is 0 Å². The fourth-order valence-electron chi connectivity index (χ4n) is 2.25. The topological polar surface area (TPSA) is 34.2 Å². The standard InChI is InChI=1S/C15H26N2O/c1-5-7-14(18-4)15(17-9-6-2)13-11-16-10-8-12(13)3/h8,10-11,14-15,17H,5-7,9H2,1-4H3. The molecular weight excluding hydrogens is 224 g/mol. The fourth-order valence-corrected chi connectivity index (χ4v) is 2.25. The van der Waals surface area contributed by atoms with E-state index >= 15 is 0 Å². The van der Waals surface area contributed by atoms with Crippen LogP contribution in [0.5, 0.6) is 0 Å². The van der Waals surface area contributed by atoms with Gasteiger partial charge in [-0.05, 0) is 43.5 Å². The SMILES string of the molecule is CCCNC(c1cnccc1C)C(CCC)OC. The maximum Gasteiger partial charge on any atom is 0.0766 e. The Morgan fingerprint density at radius 3 is 2.67 bits per heavy atom. The first-order valence-electron chi connectivity index (χ1n) is 6.91. The molecule has 0 aliphatic carbocycles. The van der Waals surface area contributed by atoms with Crippen molar-refractivity contribution >= 4 is 0 Å². The summed E-state index contributed by atoms with van der Waals surface area (Å²) in [7, 11) is 1.80. The summed E-state index contributed by atoms with van der Waals surface area (Å²) in [6.45, 7) is 7.51. The van der Waals surface area contributed by atoms with Gasteiger partial charge >= 0.3 is 0 Å². The molecule has 0 aromatic carbocycles. The van der Waals surface area contributed by atoms with E-state index in [0.29, 0.717) is 0 Å². The van der Waals surface area contributed by atoms with Crippen molar-refractivity contribution in [2.45, 2.75) is 52.2 Å². The van der Waals surface area contributed by atoms with Crippen LogP contribution in [0.1, 0.15) is 50.3 Å². The van der Waals surface area contributed by atoms with Crippen molar-refractivity contribution < 1.29 is 4.74 Å². The molecule has 2 atom stereocenters. The van der Waals surface area contributed by atoms with Crippen LogP contribution in [0.25, 0.3) is 0 Å². The number of methoxy groups -OCH3 is 1. The van der Waals surface area contributed by atoms with Gasteiger partial charge in [-0.2, -0.15) is 0 Å². The quantitative estimate of drug-likeness (QED) is 0.769. The van der Waals surface area contributed by atoms with Crippen LogP contribution in [-0.2, 0) is 4.74 Å². The normalized spacial score (nSPS) is 14.4. The van der Waals surface area contributed by atoms with Crippen LogP contribution in [-0.4, -0.2) is 24.7 Å². The van der Waals surface area contributed by atoms with Crippen molar-refractivity contribution in [2.75, 3.05) is 13.7 Å². The van der Waals surface area contributed by atoms with Gasteiger partial charge in [-0.3, -0.25) is 4.98 Å². The van der Waals surface area contributed by atoms with Gasteiger partial charge in [-0.25, -0.2) is 0 Å². The van der Waals surface area contributed by atoms with Crippen molar-refractivity contribution in [1.82, 2.24) is 10.3 Å². The molecular formula is C15H26N2O. The maximum absolute atomic E-state index is 5.67. The van der Waals surface area contributed by atoms with E-state index < -0.39 is 0 Å². The van der Waals surface area contributed by atoms with E-state index in [2.05, 4.69) is 37.1 Å². The molecule has 3 heteroatoms. The number of hydrogen-bond acceptors (Lipinski definition) is 3. The molecule has 0 aliphatic rings. The molecule has 1 heterocycles. The van der Waals surface area contributed by atoms with Crippen LogP contribution in [0.15, 0.2) is 18.5 Å². The van der Waals surface area contributed by atoms with E-state index in [4.69, 9.17) is 4.74 Å². The van der Waals surface area contributed by atoms with Crippen LogP contribution in [0.3, 0.4) is 0 Å². The molecule has 1 aromatic rings. The summed E-state index contributed by atoms with van der Waals surface area (Å²) in [6.07, 6.45) is 7.33. The lowest BCUT2D eigenvalue weighted by Crippen LogP contribution is -2.34. The second-order valence-electron chi connectivity index (χ2n) is 4.73. The number of aryl methyl sites for hydroxylation is 1. The van der Waals surface area contributed by atoms with Gasteiger partial charge in [0.1, 0.15) is 0 Å². The van der Waals surface area contributed by atoms with Crippen molar-refractivity contribution in [1.29, 1.82) is 0 Å². The second kappa shape index (κ2) is 8.22. The summed E-state index contributed by atoms with van der Waals surface area (Å²) in [5, 5.41) is 3.60. The van der Waals surface area contributed by atoms with E-state index in [-0.39, 0.29) is 12.1 Å². The Bertz CT molecular complexity index is 341. The molecule has 0 amide bonds. The Hall–Kier alpha value is -0.930. The van der Waals surface area contributed by atoms with Gasteiger partial charge < -0.3 is 10.1 Å². The number of aromatic nitrogens is 1. The molecule has 0 saturated carbocycles. The Kier molecular flexibility index (Phi) is 6.91. The molecule has 102 valence electrons. The van der Waals surface area contributed by atoms with Gasteiger partial charge in [0.05, 0.1) is 12.1 Å². The fraction of sp³-hybridized carbons (Fsp3) is 0.667. The van der Waals surface area contributed by atoms with Crippen LogP contribution in [0.2, 0.25) is 0 Å². The first-order chi connectivity index (χ1) is 8.74. The highest BCUT2D eigenvalue weighted by Gasteiger charge is 2.23. The van der Waals surface area contributed by atoms with Crippen LogP contribution in [0, 0.1) is 6.92 Å². The zero-order chi connectivity index (χ0) is 13.4. The van der Waals surface area contributed by atoms with Crippen LogP contribution < -0.4 is 5.32 Å². The maximum atomic E-state index is 5.67. The van der Waals surface area contributed by atoms with Crippen LogP contribution >= 0.6 is 0 Å². The molecule has 3 nitrogen and oxygen atoms in total. The monoisotopic (exact) mass is 250 g/mol. The average Bonchev–Trinajstić information content (AvgIpc) is 2.39. The van der Waals surface area contributed by atoms with Gasteiger partial charge in [0.2, 0.25) is 0 Å². The highest BCUT2D eigenvalue weighted by atomic mass is 16.5. The van der Waals surface area contributed by atoms with Gasteiger partial charge in [0, 0.05) is 19.5 Å². The molecule has 1 rings (SSSR count). The lowest BCUT2D eigenvalue weighted by Gasteiger charge is -2.28. The lowest BCUT2D eigenvalue weighted by atomic mass is 9.96. The molecule has 0 bridgehead atoms. The molecule has 1 N–H and O–H groups in total. The van der Waals surface area contributed by atoms with Crippen molar-refractivity contribution in [3.63, 3.8) is 0 Å². The summed E-state index contributed by atoms with van der Waals surface area (Å²) in [4.78, 5) is 4.26. The molecule has 18 heavy (non-hydrogen) atoms. The number of rotatable bonds is 8. The van der Waals surface area contributed by atoms with Crippen molar-refractivity contribution in [3.8, 4) is 0 Å². The summed E-state index contributed by atoms with van der Waals surface area (Å²) in [5.41, 5.74) is 2.53. The number of nitrogens with zero attached hydrogens (tertiary/aromatic N) is 1. The summed E-state index contributed by atoms with van der Waals surface area (Å²) >= 11 is 0. The number of pyridine rings is 1. The minimum absolute atomic E-state index is 0.212. The zero-order valence-electron chi connectivity index (χ0n) is 12.1. The molecule has 0 saturated heterocycles. The van der Waals surface area contributed by atoms with Gasteiger partial charge in [0.25, 0.3) is 0 Å². The largest absolute Gasteiger partial charge is 0.379 e. The van der Waals surface area contributed by atoms with E-state index in [1.807, 2.05) is 12.4 Å². The smallest absolute Gasteiger partial charge is 0.0766 e. The molecule has 0 aliphatic heterocycles. The first kappa shape index (κ1) is 15.1. The zero-order valence-corrected chi connectivity index (χ0v) is 12.1. The van der Waals surface area contributed by atoms with E-state index in [1.54, 1.807) is 7.11 Å². The molecule has 0 spiro atoms. The van der Waals surface area contributed by atoms with E-state index in [9.17, 15) is 0 Å². The summed E-state index contributed by atoms with van der Waals surface area (Å²) in [5.74, 6) is 0. The third-order valence-electron chi connectivity index (χ3n) is 3.28. The molecule has 0 radical (unpaired) electrons. The highest BCUT2D eigenvalue weighted by Crippen LogP contribution is 2.24. The Balaban J connectivity index is 2.92. The van der Waals surface area contributed by atoms with Gasteiger partial charge in [-0.15, -0.1) is 0 Å². The Morgan fingerprint density at radius 2 is 2.11 bits per heavy atom. The van der Waals surface area contributed by atoms with Crippen molar-refractivity contribution in [2.24, 2.45) is 0 Å². The molecule has 1 aromatic heterocycles. The summed E-state index contributed by atoms with van der Waals surface area (Å²) < 4.78 is 5.67. The Labute approximate surface area is 111 Å². The van der Waals surface area contributed by atoms with Gasteiger partial charge in [-0.1, -0.05) is 20.3 Å². The third kappa shape index (κ3) is 4.07.